The Bertz CT molecular complexity index is 1570. The Morgan fingerprint density at radius 1 is 1.06 bits per heavy atom. The zero-order valence-electron chi connectivity index (χ0n) is 18.8. The topological polar surface area (TPSA) is 107 Å². The van der Waals surface area contributed by atoms with Crippen LogP contribution in [0.4, 0.5) is 0 Å². The normalized spacial score (nSPS) is 13.3. The largest absolute Gasteiger partial charge is 0.446 e. The molecule has 0 bridgehead atoms. The van der Waals surface area contributed by atoms with Gasteiger partial charge in [0, 0.05) is 24.0 Å². The second-order valence-corrected chi connectivity index (χ2v) is 9.23. The maximum Gasteiger partial charge on any atom is 0.446 e. The average molecular weight is 491 g/mol. The van der Waals surface area contributed by atoms with Gasteiger partial charge in [-0.2, -0.15) is 8.42 Å². The summed E-state index contributed by atoms with van der Waals surface area (Å²) in [7, 11) is -4.74. The van der Waals surface area contributed by atoms with Crippen molar-refractivity contribution in [2.45, 2.75) is 19.8 Å². The van der Waals surface area contributed by atoms with Gasteiger partial charge in [-0.15, -0.1) is 0 Å². The number of aliphatic imine (C=N–C) groups is 1. The van der Waals surface area contributed by atoms with Crippen molar-refractivity contribution in [3.05, 3.63) is 95.2 Å². The first-order valence-electron chi connectivity index (χ1n) is 11.0. The lowest BCUT2D eigenvalue weighted by atomic mass is 10.0. The number of rotatable bonds is 6. The first-order chi connectivity index (χ1) is 16.8. The Labute approximate surface area is 202 Å². The number of hydrogen-bond donors (Lipinski definition) is 1. The zero-order chi connectivity index (χ0) is 24.6. The highest BCUT2D eigenvalue weighted by Crippen LogP contribution is 2.33. The number of aryl methyl sites for hydroxylation is 1. The third-order valence-electron chi connectivity index (χ3n) is 5.78. The molecule has 0 saturated heterocycles. The van der Waals surface area contributed by atoms with Crippen LogP contribution >= 0.6 is 0 Å². The molecule has 0 amide bonds. The van der Waals surface area contributed by atoms with Gasteiger partial charge in [0.15, 0.2) is 5.75 Å². The standard InChI is InChI=1S/C26H22N2O6S/c1-17-11-12-20(24(15-17)34-35(30,31)32)26-27-14-13-23-21(19-9-5-6-10-22(19)28(23)26)16-25(29)33-18-7-3-2-4-8-18/h2-12,15H,13-14,16H2,1H3,(H,30,31,32). The van der Waals surface area contributed by atoms with Gasteiger partial charge in [0.2, 0.25) is 0 Å². The van der Waals surface area contributed by atoms with E-state index < -0.39 is 10.4 Å². The lowest BCUT2D eigenvalue weighted by Crippen LogP contribution is -2.24. The molecule has 1 N–H and O–H groups in total. The number of para-hydroxylation sites is 2. The van der Waals surface area contributed by atoms with E-state index in [2.05, 4.69) is 4.99 Å². The monoisotopic (exact) mass is 490 g/mol. The molecule has 0 spiro atoms. The summed E-state index contributed by atoms with van der Waals surface area (Å²) in [5.41, 5.74) is 3.71. The second-order valence-electron chi connectivity index (χ2n) is 8.21. The van der Waals surface area contributed by atoms with E-state index in [-0.39, 0.29) is 18.1 Å². The van der Waals surface area contributed by atoms with Crippen molar-refractivity contribution in [3.8, 4) is 11.5 Å². The van der Waals surface area contributed by atoms with Crippen LogP contribution in [0.3, 0.4) is 0 Å². The van der Waals surface area contributed by atoms with Gasteiger partial charge in [0.25, 0.3) is 0 Å². The predicted molar refractivity (Wildman–Crippen MR) is 132 cm³/mol. The molecule has 1 aromatic heterocycles. The van der Waals surface area contributed by atoms with Crippen molar-refractivity contribution in [1.82, 2.24) is 4.57 Å². The van der Waals surface area contributed by atoms with Gasteiger partial charge in [-0.3, -0.25) is 18.9 Å². The first-order valence-corrected chi connectivity index (χ1v) is 12.4. The summed E-state index contributed by atoms with van der Waals surface area (Å²) in [6, 6.07) is 21.6. The van der Waals surface area contributed by atoms with Crippen LogP contribution in [-0.4, -0.2) is 35.9 Å². The number of carbonyl (C=O) groups is 1. The van der Waals surface area contributed by atoms with Crippen molar-refractivity contribution in [2.75, 3.05) is 6.54 Å². The fraction of sp³-hybridized carbons (Fsp3) is 0.154. The Kier molecular flexibility index (Phi) is 5.88. The molecule has 5 rings (SSSR count). The molecule has 9 heteroatoms. The third kappa shape index (κ3) is 4.68. The Morgan fingerprint density at radius 3 is 2.57 bits per heavy atom. The zero-order valence-corrected chi connectivity index (χ0v) is 19.7. The van der Waals surface area contributed by atoms with Crippen molar-refractivity contribution in [2.24, 2.45) is 4.99 Å². The smallest absolute Gasteiger partial charge is 0.426 e. The number of benzene rings is 3. The number of nitrogens with zero attached hydrogens (tertiary/aromatic N) is 2. The quantitative estimate of drug-likeness (QED) is 0.247. The van der Waals surface area contributed by atoms with Crippen LogP contribution in [0.25, 0.3) is 10.9 Å². The van der Waals surface area contributed by atoms with E-state index in [9.17, 15) is 17.8 Å². The van der Waals surface area contributed by atoms with Gasteiger partial charge in [-0.1, -0.05) is 42.5 Å². The van der Waals surface area contributed by atoms with Crippen LogP contribution in [0, 0.1) is 6.92 Å². The molecule has 3 aromatic carbocycles. The fourth-order valence-corrected chi connectivity index (χ4v) is 4.77. The summed E-state index contributed by atoms with van der Waals surface area (Å²) in [4.78, 5) is 17.5. The van der Waals surface area contributed by atoms with Gasteiger partial charge in [0.05, 0.1) is 17.5 Å². The van der Waals surface area contributed by atoms with E-state index in [0.717, 1.165) is 27.7 Å². The molecule has 1 aliphatic rings. The number of esters is 1. The molecule has 0 atom stereocenters. The van der Waals surface area contributed by atoms with E-state index in [1.807, 2.05) is 41.0 Å². The number of carbonyl (C=O) groups excluding carboxylic acids is 1. The molecule has 0 fully saturated rings. The average Bonchev–Trinajstić information content (AvgIpc) is 3.13. The fourth-order valence-electron chi connectivity index (χ4n) is 4.40. The molecule has 2 heterocycles. The summed E-state index contributed by atoms with van der Waals surface area (Å²) < 4.78 is 44.7. The van der Waals surface area contributed by atoms with Gasteiger partial charge < -0.3 is 8.92 Å². The lowest BCUT2D eigenvalue weighted by Gasteiger charge is -2.21. The molecule has 8 nitrogen and oxygen atoms in total. The Morgan fingerprint density at radius 2 is 1.80 bits per heavy atom. The number of hydrogen-bond acceptors (Lipinski definition) is 6. The SMILES string of the molecule is Cc1ccc(C2=NCCc3c(CC(=O)Oc4ccccc4)c4ccccc4n32)c(OS(=O)(=O)O)c1. The van der Waals surface area contributed by atoms with Crippen LogP contribution in [-0.2, 0) is 28.0 Å². The van der Waals surface area contributed by atoms with E-state index >= 15 is 0 Å². The van der Waals surface area contributed by atoms with Crippen molar-refractivity contribution in [1.29, 1.82) is 0 Å². The lowest BCUT2D eigenvalue weighted by molar-refractivity contribution is -0.133. The molecule has 0 aliphatic carbocycles. The van der Waals surface area contributed by atoms with Gasteiger partial charge in [-0.25, -0.2) is 0 Å². The molecule has 0 radical (unpaired) electrons. The second kappa shape index (κ2) is 9.01. The summed E-state index contributed by atoms with van der Waals surface area (Å²) in [5.74, 6) is 0.541. The minimum Gasteiger partial charge on any atom is -0.426 e. The molecule has 178 valence electrons. The minimum atomic E-state index is -4.74. The molecule has 35 heavy (non-hydrogen) atoms. The van der Waals surface area contributed by atoms with Gasteiger partial charge in [0.1, 0.15) is 11.6 Å². The van der Waals surface area contributed by atoms with E-state index in [1.54, 1.807) is 37.3 Å². The highest BCUT2D eigenvalue weighted by atomic mass is 32.3. The number of fused-ring (bicyclic) bond motifs is 3. The Hall–Kier alpha value is -3.95. The maximum absolute atomic E-state index is 12.8. The molecular formula is C26H22N2O6S. The van der Waals surface area contributed by atoms with Crippen LogP contribution < -0.4 is 8.92 Å². The molecular weight excluding hydrogens is 468 g/mol. The van der Waals surface area contributed by atoms with Crippen LogP contribution in [0.2, 0.25) is 0 Å². The predicted octanol–water partition coefficient (Wildman–Crippen LogP) is 4.13. The van der Waals surface area contributed by atoms with Crippen molar-refractivity contribution >= 4 is 33.1 Å². The van der Waals surface area contributed by atoms with Crippen LogP contribution in [0.15, 0.2) is 77.8 Å². The van der Waals surface area contributed by atoms with E-state index in [1.165, 1.54) is 6.07 Å². The molecule has 0 saturated carbocycles. The third-order valence-corrected chi connectivity index (χ3v) is 6.17. The van der Waals surface area contributed by atoms with Crippen molar-refractivity contribution in [3.63, 3.8) is 0 Å². The summed E-state index contributed by atoms with van der Waals surface area (Å²) in [6.45, 7) is 2.22. The summed E-state index contributed by atoms with van der Waals surface area (Å²) in [5, 5.41) is 0.881. The van der Waals surface area contributed by atoms with E-state index in [0.29, 0.717) is 30.1 Å². The molecule has 4 aromatic rings. The summed E-state index contributed by atoms with van der Waals surface area (Å²) in [6.07, 6.45) is 0.653. The highest BCUT2D eigenvalue weighted by molar-refractivity contribution is 7.81. The number of aromatic nitrogens is 1. The van der Waals surface area contributed by atoms with Crippen LogP contribution in [0.1, 0.15) is 22.4 Å². The highest BCUT2D eigenvalue weighted by Gasteiger charge is 2.27. The van der Waals surface area contributed by atoms with Gasteiger partial charge in [-0.05, 0) is 48.4 Å². The van der Waals surface area contributed by atoms with Crippen LogP contribution in [0.5, 0.6) is 11.5 Å². The van der Waals surface area contributed by atoms with E-state index in [4.69, 9.17) is 8.92 Å². The van der Waals surface area contributed by atoms with Crippen molar-refractivity contribution < 1.29 is 26.7 Å². The molecule has 0 unspecified atom stereocenters. The molecule has 1 aliphatic heterocycles. The first kappa shape index (κ1) is 22.8. The maximum atomic E-state index is 12.8. The Balaban J connectivity index is 1.61. The van der Waals surface area contributed by atoms with Gasteiger partial charge >= 0.3 is 16.4 Å². The number of ether oxygens (including phenoxy) is 1. The summed E-state index contributed by atoms with van der Waals surface area (Å²) >= 11 is 0. The minimum absolute atomic E-state index is 0.0260.